The van der Waals surface area contributed by atoms with E-state index in [2.05, 4.69) is 55.4 Å². The number of aliphatic hydroxyl groups is 1. The lowest BCUT2D eigenvalue weighted by molar-refractivity contribution is -0.161. The number of carbonyl (C=O) groups excluding carboxylic acids is 4. The van der Waals surface area contributed by atoms with E-state index in [1.165, 1.54) is 231 Å². The van der Waals surface area contributed by atoms with Crippen LogP contribution in [0.4, 0.5) is 0 Å². The number of phosphoric acid groups is 2. The molecule has 0 saturated heterocycles. The fraction of sp³-hybridized carbons (Fsp3) is 0.952. The van der Waals surface area contributed by atoms with Gasteiger partial charge in [0.1, 0.15) is 19.3 Å². The molecule has 3 N–H and O–H groups in total. The highest BCUT2D eigenvalue weighted by Gasteiger charge is 2.30. The molecule has 0 heterocycles. The molecule has 606 valence electrons. The van der Waals surface area contributed by atoms with E-state index in [0.29, 0.717) is 25.7 Å². The molecular weight excluding hydrogens is 1330 g/mol. The van der Waals surface area contributed by atoms with E-state index in [1.807, 2.05) is 0 Å². The molecule has 0 saturated carbocycles. The van der Waals surface area contributed by atoms with Gasteiger partial charge in [0.2, 0.25) is 0 Å². The topological polar surface area (TPSA) is 237 Å². The monoisotopic (exact) mass is 1490 g/mol. The second-order valence-electron chi connectivity index (χ2n) is 31.5. The Bertz CT molecular complexity index is 1990. The SMILES string of the molecule is CCC(C)CCCCCCCCCCC(=O)OC[C@H](COP(=O)(O)OC[C@H](O)COP(=O)(O)OC[C@@H](COC(=O)CCCCCCCCCCCCCCCC(C)C)OC(=O)CCCCCCCCCCCCCCCCCCCCC(C)C)OC(=O)CCCCCCCCCCCCC(C)C. The van der Waals surface area contributed by atoms with Crippen LogP contribution in [0.3, 0.4) is 0 Å². The van der Waals surface area contributed by atoms with Crippen molar-refractivity contribution >= 4 is 39.5 Å². The number of aliphatic hydroxyl groups excluding tert-OH is 1. The molecule has 0 bridgehead atoms. The first kappa shape index (κ1) is 100. The van der Waals surface area contributed by atoms with E-state index >= 15 is 0 Å². The van der Waals surface area contributed by atoms with E-state index in [9.17, 15) is 43.2 Å². The van der Waals surface area contributed by atoms with Gasteiger partial charge in [-0.3, -0.25) is 37.3 Å². The molecule has 0 aliphatic heterocycles. The second-order valence-corrected chi connectivity index (χ2v) is 34.4. The molecule has 0 rings (SSSR count). The zero-order chi connectivity index (χ0) is 75.3. The van der Waals surface area contributed by atoms with E-state index < -0.39 is 97.5 Å². The smallest absolute Gasteiger partial charge is 0.462 e. The first-order valence-corrected chi connectivity index (χ1v) is 45.7. The standard InChI is InChI=1S/C83H162O17P2/c1-9-76(8)62-54-46-38-33-34-40-48-56-64-81(86)94-70-79(100-83(88)66-58-50-42-32-26-25-29-37-45-53-61-75(6)7)72-98-102(91,92)96-68-77(84)67-95-101(89,90)97-71-78(69-93-80(85)63-55-47-39-30-23-20-16-18-22-28-36-44-52-60-74(4)5)99-82(87)65-57-49-41-31-24-19-15-13-11-10-12-14-17-21-27-35-43-51-59-73(2)3/h73-79,84H,9-72H2,1-8H3,(H,89,90)(H,91,92)/t76?,77-,78-,79-/m1/s1. The van der Waals surface area contributed by atoms with Crippen molar-refractivity contribution in [3.63, 3.8) is 0 Å². The quantitative estimate of drug-likeness (QED) is 0.0222. The first-order chi connectivity index (χ1) is 49.1. The number of rotatable bonds is 80. The molecule has 0 radical (unpaired) electrons. The Morgan fingerprint density at radius 1 is 0.275 bits per heavy atom. The van der Waals surface area contributed by atoms with Gasteiger partial charge in [-0.1, -0.05) is 376 Å². The third-order valence-electron chi connectivity index (χ3n) is 19.7. The third kappa shape index (κ3) is 74.9. The van der Waals surface area contributed by atoms with Gasteiger partial charge in [-0.25, -0.2) is 9.13 Å². The van der Waals surface area contributed by atoms with Crippen molar-refractivity contribution in [2.45, 2.75) is 446 Å². The van der Waals surface area contributed by atoms with Crippen LogP contribution < -0.4 is 0 Å². The van der Waals surface area contributed by atoms with Gasteiger partial charge in [-0.05, 0) is 49.4 Å². The third-order valence-corrected chi connectivity index (χ3v) is 21.6. The highest BCUT2D eigenvalue weighted by molar-refractivity contribution is 7.47. The van der Waals surface area contributed by atoms with E-state index in [1.54, 1.807) is 0 Å². The summed E-state index contributed by atoms with van der Waals surface area (Å²) in [7, 11) is -9.93. The summed E-state index contributed by atoms with van der Waals surface area (Å²) < 4.78 is 68.8. The maximum Gasteiger partial charge on any atom is 0.472 e. The Balaban J connectivity index is 5.25. The maximum absolute atomic E-state index is 13.1. The number of phosphoric ester groups is 2. The lowest BCUT2D eigenvalue weighted by atomic mass is 9.99. The largest absolute Gasteiger partial charge is 0.472 e. The average molecular weight is 1490 g/mol. The fourth-order valence-corrected chi connectivity index (χ4v) is 14.3. The molecule has 0 fully saturated rings. The molecule has 0 amide bonds. The fourth-order valence-electron chi connectivity index (χ4n) is 12.8. The summed E-state index contributed by atoms with van der Waals surface area (Å²) in [5.74, 6) is 1.03. The Morgan fingerprint density at radius 3 is 0.696 bits per heavy atom. The van der Waals surface area contributed by atoms with Crippen molar-refractivity contribution in [3.05, 3.63) is 0 Å². The Hall–Kier alpha value is -1.94. The van der Waals surface area contributed by atoms with Gasteiger partial charge in [0.25, 0.3) is 0 Å². The van der Waals surface area contributed by atoms with Crippen molar-refractivity contribution in [2.75, 3.05) is 39.6 Å². The minimum Gasteiger partial charge on any atom is -0.462 e. The molecule has 0 aromatic carbocycles. The molecule has 6 atom stereocenters. The summed E-state index contributed by atoms with van der Waals surface area (Å²) in [5, 5.41) is 10.7. The lowest BCUT2D eigenvalue weighted by Crippen LogP contribution is -2.30. The van der Waals surface area contributed by atoms with Crippen molar-refractivity contribution in [2.24, 2.45) is 23.7 Å². The van der Waals surface area contributed by atoms with Crippen LogP contribution in [0.15, 0.2) is 0 Å². The van der Waals surface area contributed by atoms with Gasteiger partial charge in [-0.15, -0.1) is 0 Å². The number of carbonyl (C=O) groups is 4. The van der Waals surface area contributed by atoms with Crippen LogP contribution in [-0.2, 0) is 65.4 Å². The molecular formula is C83H162O17P2. The van der Waals surface area contributed by atoms with Gasteiger partial charge in [0.15, 0.2) is 12.2 Å². The molecule has 17 nitrogen and oxygen atoms in total. The molecule has 0 aliphatic rings. The van der Waals surface area contributed by atoms with Gasteiger partial charge in [0, 0.05) is 25.7 Å². The van der Waals surface area contributed by atoms with Crippen molar-refractivity contribution in [1.82, 2.24) is 0 Å². The van der Waals surface area contributed by atoms with Gasteiger partial charge >= 0.3 is 39.5 Å². The van der Waals surface area contributed by atoms with Crippen LogP contribution in [0.25, 0.3) is 0 Å². The van der Waals surface area contributed by atoms with E-state index in [-0.39, 0.29) is 25.7 Å². The van der Waals surface area contributed by atoms with Crippen molar-refractivity contribution < 1.29 is 80.2 Å². The van der Waals surface area contributed by atoms with Crippen LogP contribution in [0, 0.1) is 23.7 Å². The van der Waals surface area contributed by atoms with Crippen LogP contribution in [0.5, 0.6) is 0 Å². The van der Waals surface area contributed by atoms with Crippen molar-refractivity contribution in [1.29, 1.82) is 0 Å². The number of hydrogen-bond acceptors (Lipinski definition) is 15. The van der Waals surface area contributed by atoms with Gasteiger partial charge in [-0.2, -0.15) is 0 Å². The summed E-state index contributed by atoms with van der Waals surface area (Å²) in [4.78, 5) is 73.1. The number of hydrogen-bond donors (Lipinski definition) is 3. The molecule has 3 unspecified atom stereocenters. The van der Waals surface area contributed by atoms with Crippen LogP contribution in [-0.4, -0.2) is 96.7 Å². The molecule has 19 heteroatoms. The number of esters is 4. The van der Waals surface area contributed by atoms with E-state index in [0.717, 1.165) is 114 Å². The molecule has 0 spiro atoms. The van der Waals surface area contributed by atoms with Crippen LogP contribution in [0.2, 0.25) is 0 Å². The number of ether oxygens (including phenoxy) is 4. The molecule has 102 heavy (non-hydrogen) atoms. The summed E-state index contributed by atoms with van der Waals surface area (Å²) >= 11 is 0. The highest BCUT2D eigenvalue weighted by Crippen LogP contribution is 2.45. The highest BCUT2D eigenvalue weighted by atomic mass is 31.2. The average Bonchev–Trinajstić information content (AvgIpc) is 0.928. The van der Waals surface area contributed by atoms with Crippen LogP contribution >= 0.6 is 15.6 Å². The Morgan fingerprint density at radius 2 is 0.471 bits per heavy atom. The summed E-state index contributed by atoms with van der Waals surface area (Å²) in [6.07, 6.45) is 59.6. The van der Waals surface area contributed by atoms with E-state index in [4.69, 9.17) is 37.0 Å². The zero-order valence-electron chi connectivity index (χ0n) is 67.2. The minimum absolute atomic E-state index is 0.105. The summed E-state index contributed by atoms with van der Waals surface area (Å²) in [5.41, 5.74) is 0. The van der Waals surface area contributed by atoms with Gasteiger partial charge in [0.05, 0.1) is 26.4 Å². The second kappa shape index (κ2) is 72.0. The molecule has 0 aromatic heterocycles. The Kier molecular flexibility index (Phi) is 70.6. The first-order valence-electron chi connectivity index (χ1n) is 42.7. The Labute approximate surface area is 626 Å². The maximum atomic E-state index is 13.1. The zero-order valence-corrected chi connectivity index (χ0v) is 69.0. The summed E-state index contributed by atoms with van der Waals surface area (Å²) in [6.45, 7) is 14.3. The summed E-state index contributed by atoms with van der Waals surface area (Å²) in [6, 6.07) is 0. The molecule has 0 aliphatic carbocycles. The van der Waals surface area contributed by atoms with Crippen molar-refractivity contribution in [3.8, 4) is 0 Å². The van der Waals surface area contributed by atoms with Crippen LogP contribution in [0.1, 0.15) is 428 Å². The van der Waals surface area contributed by atoms with Gasteiger partial charge < -0.3 is 33.8 Å². The normalized spacial score (nSPS) is 14.3. The predicted octanol–water partition coefficient (Wildman–Crippen LogP) is 24.8. The minimum atomic E-state index is -4.96. The predicted molar refractivity (Wildman–Crippen MR) is 418 cm³/mol. The molecule has 0 aromatic rings. The lowest BCUT2D eigenvalue weighted by Gasteiger charge is -2.21. The number of unbranched alkanes of at least 4 members (excludes halogenated alkanes) is 45.